The van der Waals surface area contributed by atoms with Gasteiger partial charge in [-0.3, -0.25) is 0 Å². The van der Waals surface area contributed by atoms with Crippen molar-refractivity contribution in [2.45, 2.75) is 5.09 Å². The number of furan rings is 1. The van der Waals surface area contributed by atoms with Gasteiger partial charge in [0, 0.05) is 17.3 Å². The molecule has 0 aliphatic carbocycles. The summed E-state index contributed by atoms with van der Waals surface area (Å²) in [5, 5.41) is 4.59. The SMILES string of the molecule is NS(=O)(=O)c1occc1-c1ccc(F)nc1. The van der Waals surface area contributed by atoms with Gasteiger partial charge >= 0.3 is 0 Å². The van der Waals surface area contributed by atoms with Crippen molar-refractivity contribution in [2.75, 3.05) is 0 Å². The highest BCUT2D eigenvalue weighted by Gasteiger charge is 2.19. The lowest BCUT2D eigenvalue weighted by Gasteiger charge is -1.99. The number of sulfonamides is 1. The molecule has 0 bridgehead atoms. The molecule has 84 valence electrons. The van der Waals surface area contributed by atoms with Crippen LogP contribution in [0.5, 0.6) is 0 Å². The minimum Gasteiger partial charge on any atom is -0.451 e. The van der Waals surface area contributed by atoms with E-state index in [-0.39, 0.29) is 10.7 Å². The van der Waals surface area contributed by atoms with Crippen LogP contribution in [0.15, 0.2) is 40.2 Å². The van der Waals surface area contributed by atoms with E-state index in [1.165, 1.54) is 24.6 Å². The van der Waals surface area contributed by atoms with Crippen LogP contribution in [0.25, 0.3) is 11.1 Å². The molecule has 0 aliphatic rings. The van der Waals surface area contributed by atoms with Gasteiger partial charge in [0.1, 0.15) is 0 Å². The predicted molar refractivity (Wildman–Crippen MR) is 53.3 cm³/mol. The molecule has 2 aromatic heterocycles. The van der Waals surface area contributed by atoms with E-state index in [2.05, 4.69) is 4.98 Å². The lowest BCUT2D eigenvalue weighted by molar-refractivity contribution is 0.452. The van der Waals surface area contributed by atoms with Crippen LogP contribution >= 0.6 is 0 Å². The first-order chi connectivity index (χ1) is 7.48. The molecular weight excluding hydrogens is 235 g/mol. The van der Waals surface area contributed by atoms with Crippen molar-refractivity contribution in [3.63, 3.8) is 0 Å². The van der Waals surface area contributed by atoms with Crippen LogP contribution in [0.2, 0.25) is 0 Å². The second-order valence-corrected chi connectivity index (χ2v) is 4.50. The van der Waals surface area contributed by atoms with Crippen molar-refractivity contribution in [1.82, 2.24) is 4.98 Å². The topological polar surface area (TPSA) is 86.2 Å². The maximum Gasteiger partial charge on any atom is 0.272 e. The highest BCUT2D eigenvalue weighted by Crippen LogP contribution is 2.26. The van der Waals surface area contributed by atoms with Gasteiger partial charge in [-0.1, -0.05) is 0 Å². The Labute approximate surface area is 90.8 Å². The Morgan fingerprint density at radius 1 is 1.31 bits per heavy atom. The Morgan fingerprint density at radius 2 is 2.06 bits per heavy atom. The monoisotopic (exact) mass is 242 g/mol. The quantitative estimate of drug-likeness (QED) is 0.800. The number of rotatable bonds is 2. The van der Waals surface area contributed by atoms with E-state index in [1.54, 1.807) is 0 Å². The third-order valence-corrected chi connectivity index (χ3v) is 2.76. The van der Waals surface area contributed by atoms with E-state index >= 15 is 0 Å². The highest BCUT2D eigenvalue weighted by atomic mass is 32.2. The zero-order chi connectivity index (χ0) is 11.8. The summed E-state index contributed by atoms with van der Waals surface area (Å²) in [4.78, 5) is 3.41. The third-order valence-electron chi connectivity index (χ3n) is 1.93. The van der Waals surface area contributed by atoms with Crippen molar-refractivity contribution in [3.8, 4) is 11.1 Å². The Hall–Kier alpha value is -1.73. The zero-order valence-electron chi connectivity index (χ0n) is 7.92. The fraction of sp³-hybridized carbons (Fsp3) is 0. The second kappa shape index (κ2) is 3.69. The van der Waals surface area contributed by atoms with Gasteiger partial charge in [0.25, 0.3) is 10.0 Å². The smallest absolute Gasteiger partial charge is 0.272 e. The summed E-state index contributed by atoms with van der Waals surface area (Å²) >= 11 is 0. The van der Waals surface area contributed by atoms with Crippen LogP contribution < -0.4 is 5.14 Å². The molecule has 0 aliphatic heterocycles. The number of nitrogens with zero attached hydrogens (tertiary/aromatic N) is 1. The molecule has 0 amide bonds. The molecule has 0 radical (unpaired) electrons. The summed E-state index contributed by atoms with van der Waals surface area (Å²) in [5.41, 5.74) is 0.675. The third kappa shape index (κ3) is 1.95. The molecule has 2 N–H and O–H groups in total. The van der Waals surface area contributed by atoms with Crippen molar-refractivity contribution in [3.05, 3.63) is 36.6 Å². The number of nitrogens with two attached hydrogens (primary N) is 1. The molecule has 0 fully saturated rings. The van der Waals surface area contributed by atoms with Crippen LogP contribution in [0, 0.1) is 5.95 Å². The minimum atomic E-state index is -3.94. The van der Waals surface area contributed by atoms with Crippen LogP contribution in [0.4, 0.5) is 4.39 Å². The van der Waals surface area contributed by atoms with E-state index < -0.39 is 16.0 Å². The number of halogens is 1. The van der Waals surface area contributed by atoms with Gasteiger partial charge < -0.3 is 4.42 Å². The van der Waals surface area contributed by atoms with Crippen LogP contribution in [-0.2, 0) is 10.0 Å². The maximum atomic E-state index is 12.6. The van der Waals surface area contributed by atoms with Crippen LogP contribution in [0.1, 0.15) is 0 Å². The number of primary sulfonamides is 1. The molecule has 0 spiro atoms. The average Bonchev–Trinajstić information content (AvgIpc) is 2.66. The van der Waals surface area contributed by atoms with Gasteiger partial charge in [-0.05, 0) is 18.2 Å². The number of hydrogen-bond acceptors (Lipinski definition) is 4. The Kier molecular flexibility index (Phi) is 2.49. The molecule has 0 unspecified atom stereocenters. The fourth-order valence-corrected chi connectivity index (χ4v) is 1.95. The summed E-state index contributed by atoms with van der Waals surface area (Å²) in [6, 6.07) is 3.94. The fourth-order valence-electron chi connectivity index (χ4n) is 1.26. The summed E-state index contributed by atoms with van der Waals surface area (Å²) in [5.74, 6) is -0.649. The zero-order valence-corrected chi connectivity index (χ0v) is 8.74. The van der Waals surface area contributed by atoms with E-state index in [1.807, 2.05) is 0 Å². The Balaban J connectivity index is 2.58. The summed E-state index contributed by atoms with van der Waals surface area (Å²) in [7, 11) is -3.94. The highest BCUT2D eigenvalue weighted by molar-refractivity contribution is 7.89. The largest absolute Gasteiger partial charge is 0.451 e. The van der Waals surface area contributed by atoms with Crippen LogP contribution in [-0.4, -0.2) is 13.4 Å². The normalized spacial score (nSPS) is 11.6. The van der Waals surface area contributed by atoms with Gasteiger partial charge in [0.2, 0.25) is 11.0 Å². The van der Waals surface area contributed by atoms with Crippen LogP contribution in [0.3, 0.4) is 0 Å². The van der Waals surface area contributed by atoms with Crippen molar-refractivity contribution < 1.29 is 17.2 Å². The standard InChI is InChI=1S/C9H7FN2O3S/c10-8-2-1-6(5-12-8)7-3-4-15-9(7)16(11,13)14/h1-5H,(H2,11,13,14). The summed E-state index contributed by atoms with van der Waals surface area (Å²) in [6.45, 7) is 0. The molecule has 0 saturated heterocycles. The van der Waals surface area contributed by atoms with Gasteiger partial charge in [-0.15, -0.1) is 0 Å². The molecule has 0 saturated carbocycles. The molecule has 0 atom stereocenters. The first-order valence-electron chi connectivity index (χ1n) is 4.21. The summed E-state index contributed by atoms with van der Waals surface area (Å²) in [6.07, 6.45) is 2.40. The minimum absolute atomic E-state index is 0.259. The van der Waals surface area contributed by atoms with E-state index in [9.17, 15) is 12.8 Å². The molecule has 0 aromatic carbocycles. The Morgan fingerprint density at radius 3 is 2.62 bits per heavy atom. The number of hydrogen-bond donors (Lipinski definition) is 1. The van der Waals surface area contributed by atoms with Crippen molar-refractivity contribution in [1.29, 1.82) is 0 Å². The summed E-state index contributed by atoms with van der Waals surface area (Å²) < 4.78 is 39.7. The lowest BCUT2D eigenvalue weighted by atomic mass is 10.1. The Bertz CT molecular complexity index is 604. The molecule has 5 nitrogen and oxygen atoms in total. The molecule has 2 aromatic rings. The lowest BCUT2D eigenvalue weighted by Crippen LogP contribution is -2.12. The molecule has 2 rings (SSSR count). The number of pyridine rings is 1. The molecular formula is C9H7FN2O3S. The first-order valence-corrected chi connectivity index (χ1v) is 5.75. The van der Waals surface area contributed by atoms with Crippen molar-refractivity contribution in [2.24, 2.45) is 5.14 Å². The van der Waals surface area contributed by atoms with Gasteiger partial charge in [-0.25, -0.2) is 18.5 Å². The first kappa shape index (κ1) is 10.8. The van der Waals surface area contributed by atoms with Gasteiger partial charge in [-0.2, -0.15) is 4.39 Å². The number of aromatic nitrogens is 1. The van der Waals surface area contributed by atoms with Gasteiger partial charge in [0.15, 0.2) is 0 Å². The second-order valence-electron chi connectivity index (χ2n) is 3.04. The van der Waals surface area contributed by atoms with E-state index in [4.69, 9.17) is 9.56 Å². The van der Waals surface area contributed by atoms with E-state index in [0.717, 1.165) is 6.07 Å². The maximum absolute atomic E-state index is 12.6. The predicted octanol–water partition coefficient (Wildman–Crippen LogP) is 1.13. The van der Waals surface area contributed by atoms with E-state index in [0.29, 0.717) is 5.56 Å². The molecule has 16 heavy (non-hydrogen) atoms. The van der Waals surface area contributed by atoms with Gasteiger partial charge in [0.05, 0.1) is 6.26 Å². The van der Waals surface area contributed by atoms with Crippen molar-refractivity contribution >= 4 is 10.0 Å². The average molecular weight is 242 g/mol. The molecule has 7 heteroatoms. The molecule has 2 heterocycles.